The van der Waals surface area contributed by atoms with Crippen molar-refractivity contribution in [1.82, 2.24) is 4.98 Å². The Bertz CT molecular complexity index is 464. The summed E-state index contributed by atoms with van der Waals surface area (Å²) >= 11 is 5.43. The Balaban J connectivity index is 2.02. The molecule has 0 aliphatic carbocycles. The molecule has 0 aromatic carbocycles. The number of rotatable bonds is 4. The lowest BCUT2D eigenvalue weighted by Crippen LogP contribution is -2.33. The van der Waals surface area contributed by atoms with Crippen molar-refractivity contribution in [2.45, 2.75) is 56.5 Å². The summed E-state index contributed by atoms with van der Waals surface area (Å²) in [6.07, 6.45) is 1.59. The Morgan fingerprint density at radius 1 is 1.35 bits per heavy atom. The predicted molar refractivity (Wildman–Crippen MR) is 92.3 cm³/mol. The first-order valence-corrected chi connectivity index (χ1v) is 10.1. The van der Waals surface area contributed by atoms with Gasteiger partial charge in [0.25, 0.3) is 0 Å². The first kappa shape index (κ1) is 16.4. The van der Waals surface area contributed by atoms with Gasteiger partial charge in [-0.05, 0) is 6.42 Å². The highest BCUT2D eigenvalue weighted by molar-refractivity contribution is 8.07. The van der Waals surface area contributed by atoms with E-state index in [1.807, 2.05) is 23.5 Å². The lowest BCUT2D eigenvalue weighted by atomic mass is 9.93. The molecular weight excluding hydrogens is 306 g/mol. The number of carbonyl (C=O) groups is 1. The molecule has 0 N–H and O–H groups in total. The smallest absolute Gasteiger partial charge is 0.153 e. The van der Waals surface area contributed by atoms with Crippen LogP contribution in [0.15, 0.2) is 5.38 Å². The summed E-state index contributed by atoms with van der Waals surface area (Å²) < 4.78 is 0. The van der Waals surface area contributed by atoms with Crippen molar-refractivity contribution in [3.63, 3.8) is 0 Å². The Morgan fingerprint density at radius 2 is 2.05 bits per heavy atom. The van der Waals surface area contributed by atoms with Crippen molar-refractivity contribution >= 4 is 40.6 Å². The fourth-order valence-corrected chi connectivity index (χ4v) is 6.25. The number of hydrogen-bond acceptors (Lipinski definition) is 5. The first-order valence-electron chi connectivity index (χ1n) is 7.12. The Kier molecular flexibility index (Phi) is 5.60. The molecule has 2 heterocycles. The van der Waals surface area contributed by atoms with Gasteiger partial charge in [0.05, 0.1) is 17.4 Å². The molecule has 2 nitrogen and oxygen atoms in total. The van der Waals surface area contributed by atoms with Crippen molar-refractivity contribution in [2.24, 2.45) is 0 Å². The fraction of sp³-hybridized carbons (Fsp3) is 0.733. The van der Waals surface area contributed by atoms with Crippen LogP contribution in [0.3, 0.4) is 0 Å². The van der Waals surface area contributed by atoms with Gasteiger partial charge >= 0.3 is 0 Å². The molecule has 112 valence electrons. The lowest BCUT2D eigenvalue weighted by Gasteiger charge is -2.28. The molecule has 0 radical (unpaired) electrons. The third kappa shape index (κ3) is 4.01. The molecule has 0 bridgehead atoms. The highest BCUT2D eigenvalue weighted by Crippen LogP contribution is 2.34. The SMILES string of the molecule is CCC1SCCSC1C(=O)Cc1nc(C(C)(C)C)cs1. The molecule has 20 heavy (non-hydrogen) atoms. The van der Waals surface area contributed by atoms with Gasteiger partial charge in [-0.3, -0.25) is 4.79 Å². The largest absolute Gasteiger partial charge is 0.298 e. The quantitative estimate of drug-likeness (QED) is 0.829. The van der Waals surface area contributed by atoms with Gasteiger partial charge in [0, 0.05) is 27.6 Å². The molecule has 1 aliphatic heterocycles. The van der Waals surface area contributed by atoms with E-state index in [0.29, 0.717) is 17.5 Å². The number of carbonyl (C=O) groups excluding carboxylic acids is 1. The second-order valence-corrected chi connectivity index (χ2v) is 9.67. The Labute approximate surface area is 134 Å². The highest BCUT2D eigenvalue weighted by atomic mass is 32.2. The minimum absolute atomic E-state index is 0.0686. The van der Waals surface area contributed by atoms with Gasteiger partial charge in [0.1, 0.15) is 5.01 Å². The molecule has 1 aliphatic rings. The van der Waals surface area contributed by atoms with E-state index in [4.69, 9.17) is 0 Å². The van der Waals surface area contributed by atoms with Crippen LogP contribution in [0.5, 0.6) is 0 Å². The number of hydrogen-bond donors (Lipinski definition) is 0. The molecule has 2 atom stereocenters. The molecule has 0 saturated carbocycles. The van der Waals surface area contributed by atoms with Gasteiger partial charge < -0.3 is 0 Å². The number of thioether (sulfide) groups is 2. The van der Waals surface area contributed by atoms with Gasteiger partial charge in [-0.1, -0.05) is 27.7 Å². The van der Waals surface area contributed by atoms with Gasteiger partial charge in [-0.15, -0.1) is 23.1 Å². The average molecular weight is 330 g/mol. The Hall–Kier alpha value is -0.0000000000000000833. The third-order valence-electron chi connectivity index (χ3n) is 3.42. The van der Waals surface area contributed by atoms with E-state index in [1.54, 1.807) is 11.3 Å². The zero-order chi connectivity index (χ0) is 14.8. The number of thiazole rings is 1. The van der Waals surface area contributed by atoms with E-state index in [-0.39, 0.29) is 10.7 Å². The van der Waals surface area contributed by atoms with Crippen molar-refractivity contribution in [1.29, 1.82) is 0 Å². The van der Waals surface area contributed by atoms with Crippen LogP contribution in [0.2, 0.25) is 0 Å². The maximum absolute atomic E-state index is 12.5. The van der Waals surface area contributed by atoms with Crippen LogP contribution >= 0.6 is 34.9 Å². The standard InChI is InChI=1S/C15H23NOS3/c1-5-11-14(19-7-6-18-11)10(17)8-13-16-12(9-20-13)15(2,3)4/h9,11,14H,5-8H2,1-4H3. The molecule has 2 unspecified atom stereocenters. The van der Waals surface area contributed by atoms with E-state index in [0.717, 1.165) is 22.9 Å². The summed E-state index contributed by atoms with van der Waals surface area (Å²) in [6, 6.07) is 0. The number of aromatic nitrogens is 1. The zero-order valence-electron chi connectivity index (χ0n) is 12.6. The van der Waals surface area contributed by atoms with Gasteiger partial charge in [-0.25, -0.2) is 4.98 Å². The number of ketones is 1. The Morgan fingerprint density at radius 3 is 2.65 bits per heavy atom. The number of Topliss-reactive ketones (excluding diaryl/α,β-unsaturated/α-hetero) is 1. The van der Waals surface area contributed by atoms with Gasteiger partial charge in [0.2, 0.25) is 0 Å². The summed E-state index contributed by atoms with van der Waals surface area (Å²) in [6.45, 7) is 8.67. The summed E-state index contributed by atoms with van der Waals surface area (Å²) in [5, 5.41) is 3.73. The monoisotopic (exact) mass is 329 g/mol. The number of nitrogens with zero attached hydrogens (tertiary/aromatic N) is 1. The first-order chi connectivity index (χ1) is 9.41. The van der Waals surface area contributed by atoms with Crippen LogP contribution in [-0.4, -0.2) is 32.8 Å². The van der Waals surface area contributed by atoms with E-state index in [2.05, 4.69) is 38.1 Å². The average Bonchev–Trinajstić information content (AvgIpc) is 2.87. The maximum atomic E-state index is 12.5. The van der Waals surface area contributed by atoms with Crippen LogP contribution in [0.1, 0.15) is 44.8 Å². The normalized spacial score (nSPS) is 23.8. The molecule has 1 saturated heterocycles. The van der Waals surface area contributed by atoms with Crippen molar-refractivity contribution in [3.8, 4) is 0 Å². The van der Waals surface area contributed by atoms with Crippen LogP contribution < -0.4 is 0 Å². The van der Waals surface area contributed by atoms with Crippen molar-refractivity contribution < 1.29 is 4.79 Å². The molecule has 0 amide bonds. The molecule has 5 heteroatoms. The van der Waals surface area contributed by atoms with Crippen LogP contribution in [0, 0.1) is 0 Å². The molecule has 1 fully saturated rings. The second-order valence-electron chi connectivity index (χ2n) is 6.13. The minimum atomic E-state index is 0.0686. The van der Waals surface area contributed by atoms with Gasteiger partial charge in [0.15, 0.2) is 5.78 Å². The summed E-state index contributed by atoms with van der Waals surface area (Å²) in [5.41, 5.74) is 1.17. The van der Waals surface area contributed by atoms with Crippen molar-refractivity contribution in [3.05, 3.63) is 16.1 Å². The third-order valence-corrected chi connectivity index (χ3v) is 7.56. The summed E-state index contributed by atoms with van der Waals surface area (Å²) in [7, 11) is 0. The zero-order valence-corrected chi connectivity index (χ0v) is 15.1. The van der Waals surface area contributed by atoms with Crippen LogP contribution in [-0.2, 0) is 16.6 Å². The summed E-state index contributed by atoms with van der Waals surface area (Å²) in [4.78, 5) is 17.2. The van der Waals surface area contributed by atoms with Crippen molar-refractivity contribution in [2.75, 3.05) is 11.5 Å². The maximum Gasteiger partial charge on any atom is 0.153 e. The van der Waals surface area contributed by atoms with Crippen LogP contribution in [0.4, 0.5) is 0 Å². The van der Waals surface area contributed by atoms with E-state index in [9.17, 15) is 4.79 Å². The lowest BCUT2D eigenvalue weighted by molar-refractivity contribution is -0.117. The van der Waals surface area contributed by atoms with E-state index < -0.39 is 0 Å². The molecule has 2 rings (SSSR count). The van der Waals surface area contributed by atoms with Crippen LogP contribution in [0.25, 0.3) is 0 Å². The van der Waals surface area contributed by atoms with Gasteiger partial charge in [-0.2, -0.15) is 11.8 Å². The molecule has 1 aromatic rings. The molecular formula is C15H23NOS3. The molecule has 0 spiro atoms. The second kappa shape index (κ2) is 6.84. The van der Waals surface area contributed by atoms with E-state index in [1.165, 1.54) is 5.75 Å². The summed E-state index contributed by atoms with van der Waals surface area (Å²) in [5.74, 6) is 2.64. The molecule has 1 aromatic heterocycles. The minimum Gasteiger partial charge on any atom is -0.298 e. The highest BCUT2D eigenvalue weighted by Gasteiger charge is 2.31. The topological polar surface area (TPSA) is 30.0 Å². The van der Waals surface area contributed by atoms with E-state index >= 15 is 0 Å². The predicted octanol–water partition coefficient (Wildman–Crippen LogP) is 4.18. The fourth-order valence-electron chi connectivity index (χ4n) is 2.19.